The van der Waals surface area contributed by atoms with Crippen LogP contribution in [0.4, 0.5) is 13.2 Å². The van der Waals surface area contributed by atoms with E-state index in [1.165, 1.54) is 26.0 Å². The van der Waals surface area contributed by atoms with Crippen molar-refractivity contribution in [2.24, 2.45) is 0 Å². The zero-order valence-electron chi connectivity index (χ0n) is 27.7. The molecule has 0 saturated heterocycles. The molecular weight excluding hydrogens is 602 g/mol. The van der Waals surface area contributed by atoms with Crippen LogP contribution in [-0.2, 0) is 45.1 Å². The number of alkyl halides is 3. The molecule has 0 aromatic heterocycles. The van der Waals surface area contributed by atoms with E-state index in [-0.39, 0.29) is 25.2 Å². The lowest BCUT2D eigenvalue weighted by molar-refractivity contribution is -0.145. The van der Waals surface area contributed by atoms with Crippen molar-refractivity contribution in [3.63, 3.8) is 0 Å². The number of nitrogens with one attached hydrogen (secondary N) is 1. The number of unbranched alkanes of at least 4 members (excludes halogenated alkanes) is 4. The second kappa shape index (κ2) is 17.0. The first-order chi connectivity index (χ1) is 20.1. The second-order valence-corrected chi connectivity index (χ2v) is 14.5. The van der Waals surface area contributed by atoms with Crippen molar-refractivity contribution < 1.29 is 50.4 Å². The lowest BCUT2D eigenvalue weighted by Gasteiger charge is -2.37. The Hall–Kier alpha value is -2.14. The van der Waals surface area contributed by atoms with Crippen molar-refractivity contribution in [3.8, 4) is 5.75 Å². The van der Waals surface area contributed by atoms with Gasteiger partial charge >= 0.3 is 20.0 Å². The van der Waals surface area contributed by atoms with Crippen LogP contribution >= 0.6 is 7.82 Å². The molecule has 9 nitrogen and oxygen atoms in total. The van der Waals surface area contributed by atoms with E-state index < -0.39 is 61.4 Å². The fourth-order valence-corrected chi connectivity index (χ4v) is 6.12. The van der Waals surface area contributed by atoms with Crippen LogP contribution in [0.25, 0.3) is 0 Å². The normalized spacial score (nSPS) is 14.2. The summed E-state index contributed by atoms with van der Waals surface area (Å²) in [5.74, 6) is -1.44. The molecule has 0 heterocycles. The highest BCUT2D eigenvalue weighted by atomic mass is 31.2. The van der Waals surface area contributed by atoms with Gasteiger partial charge in [0.15, 0.2) is 0 Å². The molecule has 0 unspecified atom stereocenters. The van der Waals surface area contributed by atoms with Gasteiger partial charge in [-0.2, -0.15) is 13.2 Å². The number of phosphoric acid groups is 1. The van der Waals surface area contributed by atoms with E-state index in [2.05, 4.69) is 12.2 Å². The van der Waals surface area contributed by atoms with Crippen LogP contribution in [0.3, 0.4) is 0 Å². The smallest absolute Gasteiger partial charge is 0.475 e. The zero-order chi connectivity index (χ0) is 33.8. The molecule has 254 valence electrons. The first kappa shape index (κ1) is 39.9. The van der Waals surface area contributed by atoms with Gasteiger partial charge in [-0.15, -0.1) is 0 Å². The van der Waals surface area contributed by atoms with Crippen molar-refractivity contribution in [2.45, 2.75) is 130 Å². The van der Waals surface area contributed by atoms with Crippen molar-refractivity contribution in [3.05, 3.63) is 29.3 Å². The Morgan fingerprint density at radius 2 is 1.48 bits per heavy atom. The number of carbonyl (C=O) groups is 2. The topological polar surface area (TPSA) is 109 Å². The summed E-state index contributed by atoms with van der Waals surface area (Å²) >= 11 is 0. The van der Waals surface area contributed by atoms with Gasteiger partial charge in [0.05, 0.1) is 35.5 Å². The summed E-state index contributed by atoms with van der Waals surface area (Å²) in [6, 6.07) is 3.81. The van der Waals surface area contributed by atoms with Gasteiger partial charge in [0, 0.05) is 13.8 Å². The van der Waals surface area contributed by atoms with Gasteiger partial charge in [-0.25, -0.2) is 4.57 Å². The number of amides is 1. The van der Waals surface area contributed by atoms with Crippen molar-refractivity contribution in [2.75, 3.05) is 19.8 Å². The Balaban J connectivity index is 3.33. The van der Waals surface area contributed by atoms with E-state index in [1.807, 2.05) is 0 Å². The highest BCUT2D eigenvalue weighted by Crippen LogP contribution is 2.56. The van der Waals surface area contributed by atoms with Crippen LogP contribution in [0.15, 0.2) is 18.2 Å². The molecule has 0 spiro atoms. The van der Waals surface area contributed by atoms with E-state index in [1.54, 1.807) is 41.5 Å². The SMILES string of the molecule is CCCCCCCOc1ccc(CC[C@](COC(C)=O)(COP(=O)(OC(C)(C)C)OC(C)(C)C)NC(C)=O)cc1C(F)(F)F. The lowest BCUT2D eigenvalue weighted by atomic mass is 9.91. The molecule has 0 aliphatic heterocycles. The van der Waals surface area contributed by atoms with Gasteiger partial charge in [-0.3, -0.25) is 23.2 Å². The number of carbonyl (C=O) groups excluding carboxylic acids is 2. The van der Waals surface area contributed by atoms with Crippen LogP contribution in [0.1, 0.15) is 112 Å². The van der Waals surface area contributed by atoms with Gasteiger partial charge < -0.3 is 14.8 Å². The Labute approximate surface area is 260 Å². The summed E-state index contributed by atoms with van der Waals surface area (Å²) in [6.07, 6.45) is -0.0486. The van der Waals surface area contributed by atoms with E-state index >= 15 is 0 Å². The molecule has 0 bridgehead atoms. The monoisotopic (exact) mass is 653 g/mol. The fraction of sp³-hybridized carbons (Fsp3) is 0.742. The summed E-state index contributed by atoms with van der Waals surface area (Å²) in [5.41, 5.74) is -3.99. The van der Waals surface area contributed by atoms with Crippen LogP contribution in [-0.4, -0.2) is 48.4 Å². The number of halogens is 3. The summed E-state index contributed by atoms with van der Waals surface area (Å²) in [5, 5.41) is 2.70. The maximum absolute atomic E-state index is 14.0. The molecular formula is C31H51F3NO8P. The average Bonchev–Trinajstić information content (AvgIpc) is 2.84. The Morgan fingerprint density at radius 3 is 1.98 bits per heavy atom. The highest BCUT2D eigenvalue weighted by Gasteiger charge is 2.42. The zero-order valence-corrected chi connectivity index (χ0v) is 28.5. The Morgan fingerprint density at radius 1 is 0.886 bits per heavy atom. The van der Waals surface area contributed by atoms with Crippen LogP contribution in [0.2, 0.25) is 0 Å². The molecule has 0 radical (unpaired) electrons. The first-order valence-corrected chi connectivity index (χ1v) is 16.5. The number of hydrogen-bond donors (Lipinski definition) is 1. The summed E-state index contributed by atoms with van der Waals surface area (Å²) in [6.45, 7) is 13.7. The number of rotatable bonds is 18. The standard InChI is InChI=1S/C31H51F3NO8P/c1-10-11-12-13-14-19-39-27-16-15-25(20-26(27)31(32,33)34)17-18-30(35-23(2)36,21-40-24(3)37)22-41-44(38,42-28(4,5)6)43-29(7,8)9/h15-16,20H,10-14,17-19,21-22H2,1-9H3,(H,35,36)/t30-/m0/s1. The number of ether oxygens (including phenoxy) is 2. The molecule has 1 atom stereocenters. The van der Waals surface area contributed by atoms with Gasteiger partial charge in [0.2, 0.25) is 5.91 Å². The van der Waals surface area contributed by atoms with E-state index in [4.69, 9.17) is 23.0 Å². The average molecular weight is 654 g/mol. The molecule has 0 fully saturated rings. The number of phosphoric ester groups is 1. The minimum Gasteiger partial charge on any atom is -0.493 e. The van der Waals surface area contributed by atoms with Crippen LogP contribution in [0, 0.1) is 0 Å². The van der Waals surface area contributed by atoms with Gasteiger partial charge in [-0.05, 0) is 78.5 Å². The predicted molar refractivity (Wildman–Crippen MR) is 162 cm³/mol. The molecule has 0 aliphatic carbocycles. The van der Waals surface area contributed by atoms with Crippen molar-refractivity contribution >= 4 is 19.7 Å². The second-order valence-electron chi connectivity index (χ2n) is 13.0. The number of esters is 1. The number of aryl methyl sites for hydroxylation is 1. The fourth-order valence-electron chi connectivity index (χ4n) is 4.23. The summed E-state index contributed by atoms with van der Waals surface area (Å²) in [4.78, 5) is 24.1. The van der Waals surface area contributed by atoms with Crippen molar-refractivity contribution in [1.82, 2.24) is 5.32 Å². The third-order valence-corrected chi connectivity index (χ3v) is 8.00. The minimum absolute atomic E-state index is 0.00976. The summed E-state index contributed by atoms with van der Waals surface area (Å²) in [7, 11) is -4.26. The molecule has 0 saturated carbocycles. The molecule has 13 heteroatoms. The first-order valence-electron chi connectivity index (χ1n) is 15.0. The molecule has 1 rings (SSSR count). The van der Waals surface area contributed by atoms with Gasteiger partial charge in [0.25, 0.3) is 0 Å². The molecule has 1 N–H and O–H groups in total. The molecule has 1 aromatic rings. The van der Waals surface area contributed by atoms with Crippen LogP contribution in [0.5, 0.6) is 5.75 Å². The van der Waals surface area contributed by atoms with E-state index in [0.29, 0.717) is 12.0 Å². The maximum atomic E-state index is 14.0. The minimum atomic E-state index is -4.66. The quantitative estimate of drug-likeness (QED) is 0.0960. The highest BCUT2D eigenvalue weighted by molar-refractivity contribution is 7.48. The van der Waals surface area contributed by atoms with Crippen molar-refractivity contribution in [1.29, 1.82) is 0 Å². The van der Waals surface area contributed by atoms with E-state index in [0.717, 1.165) is 31.7 Å². The number of benzene rings is 1. The predicted octanol–water partition coefficient (Wildman–Crippen LogP) is 8.18. The van der Waals surface area contributed by atoms with Gasteiger partial charge in [0.1, 0.15) is 12.4 Å². The largest absolute Gasteiger partial charge is 0.493 e. The number of hydrogen-bond acceptors (Lipinski definition) is 8. The van der Waals surface area contributed by atoms with E-state index in [9.17, 15) is 27.3 Å². The Bertz CT molecular complexity index is 1090. The maximum Gasteiger partial charge on any atom is 0.475 e. The summed E-state index contributed by atoms with van der Waals surface area (Å²) < 4.78 is 83.6. The molecule has 1 amide bonds. The lowest BCUT2D eigenvalue weighted by Crippen LogP contribution is -2.55. The Kier molecular flexibility index (Phi) is 15.4. The third-order valence-electron chi connectivity index (χ3n) is 6.01. The third kappa shape index (κ3) is 16.3. The van der Waals surface area contributed by atoms with Crippen LogP contribution < -0.4 is 10.1 Å². The molecule has 1 aromatic carbocycles. The van der Waals surface area contributed by atoms with Gasteiger partial charge in [-0.1, -0.05) is 38.7 Å². The molecule has 44 heavy (non-hydrogen) atoms. The molecule has 0 aliphatic rings.